The number of pyridine rings is 1. The maximum Gasteiger partial charge on any atom is 0.252 e. The first kappa shape index (κ1) is 26.1. The molecule has 10 heteroatoms. The van der Waals surface area contributed by atoms with Gasteiger partial charge in [0.05, 0.1) is 37.4 Å². The molecule has 0 saturated carbocycles. The number of fused-ring (bicyclic) bond motifs is 1. The average molecular weight is 499 g/mol. The molecule has 10 nitrogen and oxygen atoms in total. The number of methoxy groups -OCH3 is 2. The van der Waals surface area contributed by atoms with Crippen LogP contribution in [0.3, 0.4) is 0 Å². The number of ether oxygens (including phenoxy) is 3. The van der Waals surface area contributed by atoms with Crippen molar-refractivity contribution in [3.8, 4) is 11.5 Å². The first-order chi connectivity index (χ1) is 17.3. The Morgan fingerprint density at radius 3 is 2.61 bits per heavy atom. The van der Waals surface area contributed by atoms with Crippen LogP contribution in [0.1, 0.15) is 70.8 Å². The molecule has 1 aromatic carbocycles. The van der Waals surface area contributed by atoms with Crippen molar-refractivity contribution in [3.63, 3.8) is 0 Å². The number of aromatic nitrogens is 5. The van der Waals surface area contributed by atoms with Gasteiger partial charge in [0.2, 0.25) is 0 Å². The summed E-state index contributed by atoms with van der Waals surface area (Å²) in [6.07, 6.45) is 3.86. The summed E-state index contributed by atoms with van der Waals surface area (Å²) in [7, 11) is 3.19. The second-order valence-electron chi connectivity index (χ2n) is 10.0. The number of nitrogens with zero attached hydrogens (tertiary/aromatic N) is 5. The number of H-pyrrole nitrogens is 1. The average Bonchev–Trinajstić information content (AvgIpc) is 3.57. The van der Waals surface area contributed by atoms with Crippen molar-refractivity contribution in [3.05, 3.63) is 39.9 Å². The van der Waals surface area contributed by atoms with Crippen molar-refractivity contribution in [2.45, 2.75) is 77.6 Å². The molecule has 4 rings (SSSR count). The van der Waals surface area contributed by atoms with Crippen LogP contribution in [0.4, 0.5) is 0 Å². The van der Waals surface area contributed by atoms with Gasteiger partial charge in [0.15, 0.2) is 17.3 Å². The van der Waals surface area contributed by atoms with E-state index >= 15 is 0 Å². The van der Waals surface area contributed by atoms with Gasteiger partial charge in [0.1, 0.15) is 0 Å². The largest absolute Gasteiger partial charge is 0.493 e. The van der Waals surface area contributed by atoms with Crippen molar-refractivity contribution in [2.24, 2.45) is 0 Å². The molecule has 0 unspecified atom stereocenters. The Kier molecular flexibility index (Phi) is 7.94. The normalized spacial score (nSPS) is 17.1. The van der Waals surface area contributed by atoms with Crippen molar-refractivity contribution >= 4 is 10.9 Å². The second kappa shape index (κ2) is 11.0. The molecule has 0 spiro atoms. The van der Waals surface area contributed by atoms with Gasteiger partial charge < -0.3 is 19.2 Å². The number of nitrogens with one attached hydrogen (secondary N) is 1. The molecule has 36 heavy (non-hydrogen) atoms. The van der Waals surface area contributed by atoms with E-state index in [1.807, 2.05) is 16.8 Å². The van der Waals surface area contributed by atoms with E-state index in [2.05, 4.69) is 53.1 Å². The minimum Gasteiger partial charge on any atom is -0.493 e. The topological polar surface area (TPSA) is 107 Å². The van der Waals surface area contributed by atoms with E-state index in [-0.39, 0.29) is 23.2 Å². The maximum atomic E-state index is 13.2. The van der Waals surface area contributed by atoms with Crippen molar-refractivity contribution in [2.75, 3.05) is 27.4 Å². The van der Waals surface area contributed by atoms with E-state index in [1.54, 1.807) is 20.3 Å². The SMILES string of the molecule is CC[C@@H](c1nnnn1C(C)(C)CC)N(Cc1cc2cc(OC)c(OC)cc2[nH]c1=O)C[C@H]1CCCO1. The summed E-state index contributed by atoms with van der Waals surface area (Å²) in [5.74, 6) is 2.00. The molecule has 3 heterocycles. The number of tetrazole rings is 1. The molecule has 3 aromatic rings. The van der Waals surface area contributed by atoms with Gasteiger partial charge in [0.25, 0.3) is 5.56 Å². The molecular formula is C26H38N6O4. The monoisotopic (exact) mass is 498 g/mol. The fraction of sp³-hybridized carbons (Fsp3) is 0.615. The Morgan fingerprint density at radius 2 is 1.97 bits per heavy atom. The van der Waals surface area contributed by atoms with Crippen molar-refractivity contribution in [1.29, 1.82) is 0 Å². The molecule has 1 fully saturated rings. The number of hydrogen-bond donors (Lipinski definition) is 1. The van der Waals surface area contributed by atoms with Crippen LogP contribution in [0.25, 0.3) is 10.9 Å². The Labute approximate surface area is 211 Å². The molecule has 0 aliphatic carbocycles. The molecule has 1 aliphatic heterocycles. The van der Waals surface area contributed by atoms with Crippen LogP contribution in [0.5, 0.6) is 11.5 Å². The van der Waals surface area contributed by atoms with Crippen LogP contribution < -0.4 is 15.0 Å². The third-order valence-corrected chi connectivity index (χ3v) is 7.32. The number of aromatic amines is 1. The van der Waals surface area contributed by atoms with Gasteiger partial charge in [-0.3, -0.25) is 9.69 Å². The molecule has 196 valence electrons. The van der Waals surface area contributed by atoms with Crippen LogP contribution >= 0.6 is 0 Å². The highest BCUT2D eigenvalue weighted by molar-refractivity contribution is 5.83. The van der Waals surface area contributed by atoms with E-state index in [1.165, 1.54) is 0 Å². The van der Waals surface area contributed by atoms with E-state index in [9.17, 15) is 4.79 Å². The highest BCUT2D eigenvalue weighted by Gasteiger charge is 2.32. The fourth-order valence-electron chi connectivity index (χ4n) is 4.85. The molecule has 1 N–H and O–H groups in total. The highest BCUT2D eigenvalue weighted by Crippen LogP contribution is 2.33. The van der Waals surface area contributed by atoms with E-state index in [0.717, 1.165) is 43.5 Å². The number of hydrogen-bond acceptors (Lipinski definition) is 8. The standard InChI is InChI=1S/C26H38N6O4/c1-7-21(24-28-29-30-32(24)26(3,4)8-2)31(16-19-10-9-11-36-19)15-18-12-17-13-22(34-5)23(35-6)14-20(17)27-25(18)33/h12-14,19,21H,7-11,15-16H2,1-6H3,(H,27,33)/t19-,21+/m1/s1. The lowest BCUT2D eigenvalue weighted by Crippen LogP contribution is -2.39. The first-order valence-electron chi connectivity index (χ1n) is 12.7. The Bertz CT molecular complexity index is 1230. The van der Waals surface area contributed by atoms with Gasteiger partial charge in [0, 0.05) is 36.7 Å². The molecule has 0 amide bonds. The summed E-state index contributed by atoms with van der Waals surface area (Å²) < 4.78 is 18.8. The van der Waals surface area contributed by atoms with Crippen LogP contribution in [0.15, 0.2) is 23.0 Å². The number of rotatable bonds is 11. The number of benzene rings is 1. The molecule has 1 saturated heterocycles. The zero-order chi connectivity index (χ0) is 25.9. The quantitative estimate of drug-likeness (QED) is 0.425. The molecular weight excluding hydrogens is 460 g/mol. The summed E-state index contributed by atoms with van der Waals surface area (Å²) in [4.78, 5) is 18.5. The lowest BCUT2D eigenvalue weighted by molar-refractivity contribution is 0.0475. The second-order valence-corrected chi connectivity index (χ2v) is 10.0. The fourth-order valence-corrected chi connectivity index (χ4v) is 4.85. The van der Waals surface area contributed by atoms with Crippen LogP contribution in [-0.4, -0.2) is 63.6 Å². The minimum absolute atomic E-state index is 0.0736. The van der Waals surface area contributed by atoms with Gasteiger partial charge in [-0.05, 0) is 62.1 Å². The van der Waals surface area contributed by atoms with Gasteiger partial charge in [-0.25, -0.2) is 4.68 Å². The van der Waals surface area contributed by atoms with Crippen molar-refractivity contribution in [1.82, 2.24) is 30.1 Å². The molecule has 0 bridgehead atoms. The van der Waals surface area contributed by atoms with E-state index < -0.39 is 0 Å². The summed E-state index contributed by atoms with van der Waals surface area (Å²) in [5.41, 5.74) is 1.01. The highest BCUT2D eigenvalue weighted by atomic mass is 16.5. The Balaban J connectivity index is 1.74. The van der Waals surface area contributed by atoms with E-state index in [0.29, 0.717) is 35.7 Å². The molecule has 0 radical (unpaired) electrons. The molecule has 1 aliphatic rings. The van der Waals surface area contributed by atoms with Gasteiger partial charge in [-0.15, -0.1) is 5.10 Å². The van der Waals surface area contributed by atoms with Crippen LogP contribution in [0.2, 0.25) is 0 Å². The predicted molar refractivity (Wildman–Crippen MR) is 138 cm³/mol. The van der Waals surface area contributed by atoms with Gasteiger partial charge >= 0.3 is 0 Å². The zero-order valence-electron chi connectivity index (χ0n) is 22.2. The zero-order valence-corrected chi connectivity index (χ0v) is 22.2. The predicted octanol–water partition coefficient (Wildman–Crippen LogP) is 3.81. The summed E-state index contributed by atoms with van der Waals surface area (Å²) in [6, 6.07) is 5.54. The van der Waals surface area contributed by atoms with Crippen LogP contribution in [-0.2, 0) is 16.8 Å². The molecule has 2 atom stereocenters. The third-order valence-electron chi connectivity index (χ3n) is 7.32. The summed E-state index contributed by atoms with van der Waals surface area (Å²) >= 11 is 0. The van der Waals surface area contributed by atoms with Crippen LogP contribution in [0, 0.1) is 0 Å². The lowest BCUT2D eigenvalue weighted by atomic mass is 10.0. The van der Waals surface area contributed by atoms with Crippen molar-refractivity contribution < 1.29 is 14.2 Å². The minimum atomic E-state index is -0.224. The lowest BCUT2D eigenvalue weighted by Gasteiger charge is -2.34. The summed E-state index contributed by atoms with van der Waals surface area (Å²) in [5, 5.41) is 13.7. The third kappa shape index (κ3) is 5.24. The Morgan fingerprint density at radius 1 is 1.22 bits per heavy atom. The smallest absolute Gasteiger partial charge is 0.252 e. The Hall–Kier alpha value is -2.98. The first-order valence-corrected chi connectivity index (χ1v) is 12.7. The van der Waals surface area contributed by atoms with Gasteiger partial charge in [-0.2, -0.15) is 0 Å². The van der Waals surface area contributed by atoms with Gasteiger partial charge in [-0.1, -0.05) is 13.8 Å². The maximum absolute atomic E-state index is 13.2. The van der Waals surface area contributed by atoms with E-state index in [4.69, 9.17) is 14.2 Å². The molecule has 2 aromatic heterocycles. The summed E-state index contributed by atoms with van der Waals surface area (Å²) in [6.45, 7) is 10.5.